The lowest BCUT2D eigenvalue weighted by atomic mass is 10.0. The van der Waals surface area contributed by atoms with E-state index in [2.05, 4.69) is 63.8 Å². The zero-order valence-corrected chi connectivity index (χ0v) is 17.5. The van der Waals surface area contributed by atoms with E-state index in [-0.39, 0.29) is 0 Å². The van der Waals surface area contributed by atoms with Crippen molar-refractivity contribution in [2.45, 2.75) is 13.3 Å². The molecule has 150 valence electrons. The summed E-state index contributed by atoms with van der Waals surface area (Å²) in [7, 11) is 1.74. The third-order valence-electron chi connectivity index (χ3n) is 4.57. The number of anilines is 1. The molecule has 30 heavy (non-hydrogen) atoms. The van der Waals surface area contributed by atoms with E-state index in [0.29, 0.717) is 0 Å². The third-order valence-corrected chi connectivity index (χ3v) is 4.57. The average molecular weight is 395 g/mol. The van der Waals surface area contributed by atoms with Crippen LogP contribution >= 0.6 is 0 Å². The second-order valence-corrected chi connectivity index (χ2v) is 6.97. The van der Waals surface area contributed by atoms with Gasteiger partial charge < -0.3 is 5.32 Å². The summed E-state index contributed by atoms with van der Waals surface area (Å²) in [5.41, 5.74) is 7.40. The first-order valence-electron chi connectivity index (χ1n) is 9.77. The first-order valence-corrected chi connectivity index (χ1v) is 9.77. The molecule has 0 fully saturated rings. The number of pyridine rings is 2. The molecule has 2 aromatic heterocycles. The Morgan fingerprint density at radius 2 is 1.87 bits per heavy atom. The van der Waals surface area contributed by atoms with Crippen molar-refractivity contribution in [1.82, 2.24) is 9.97 Å². The molecule has 0 atom stereocenters. The van der Waals surface area contributed by atoms with Crippen LogP contribution in [-0.2, 0) is 6.42 Å². The monoisotopic (exact) mass is 394 g/mol. The van der Waals surface area contributed by atoms with Crippen LogP contribution in [0.1, 0.15) is 16.8 Å². The van der Waals surface area contributed by atoms with E-state index in [1.165, 1.54) is 16.7 Å². The molecule has 4 heteroatoms. The summed E-state index contributed by atoms with van der Waals surface area (Å²) in [6, 6.07) is 16.6. The van der Waals surface area contributed by atoms with Gasteiger partial charge in [-0.3, -0.25) is 9.98 Å². The fourth-order valence-electron chi connectivity index (χ4n) is 3.13. The molecule has 2 heterocycles. The van der Waals surface area contributed by atoms with Crippen LogP contribution < -0.4 is 5.32 Å². The van der Waals surface area contributed by atoms with Crippen molar-refractivity contribution in [3.05, 3.63) is 109 Å². The predicted octanol–water partition coefficient (Wildman–Crippen LogP) is 5.89. The van der Waals surface area contributed by atoms with Gasteiger partial charge in [-0.2, -0.15) is 0 Å². The summed E-state index contributed by atoms with van der Waals surface area (Å²) >= 11 is 0. The van der Waals surface area contributed by atoms with E-state index < -0.39 is 0 Å². The minimum Gasteiger partial charge on any atom is -0.344 e. The van der Waals surface area contributed by atoms with Gasteiger partial charge in [0.05, 0.1) is 0 Å². The van der Waals surface area contributed by atoms with Crippen LogP contribution in [0.2, 0.25) is 0 Å². The number of hydrogen-bond donors (Lipinski definition) is 1. The molecule has 0 saturated carbocycles. The number of aromatic nitrogens is 2. The first kappa shape index (κ1) is 20.9. The normalized spacial score (nSPS) is 11.5. The fourth-order valence-corrected chi connectivity index (χ4v) is 3.13. The summed E-state index contributed by atoms with van der Waals surface area (Å²) in [5.74, 6) is 0.763. The number of nitrogens with zero attached hydrogens (tertiary/aromatic N) is 3. The Morgan fingerprint density at radius 3 is 2.50 bits per heavy atom. The highest BCUT2D eigenvalue weighted by atomic mass is 15.0. The van der Waals surface area contributed by atoms with Gasteiger partial charge in [-0.05, 0) is 47.9 Å². The van der Waals surface area contributed by atoms with Gasteiger partial charge in [-0.1, -0.05) is 49.6 Å². The molecule has 0 aliphatic rings. The van der Waals surface area contributed by atoms with Crippen LogP contribution in [0.25, 0.3) is 16.7 Å². The number of aliphatic imine (C=N–C) groups is 1. The van der Waals surface area contributed by atoms with Crippen LogP contribution in [-0.4, -0.2) is 23.2 Å². The molecule has 0 amide bonds. The van der Waals surface area contributed by atoms with E-state index in [1.807, 2.05) is 43.6 Å². The van der Waals surface area contributed by atoms with E-state index in [1.54, 1.807) is 19.3 Å². The van der Waals surface area contributed by atoms with Crippen molar-refractivity contribution in [2.75, 3.05) is 12.4 Å². The van der Waals surface area contributed by atoms with E-state index in [0.717, 1.165) is 34.8 Å². The molecule has 0 radical (unpaired) electrons. The van der Waals surface area contributed by atoms with Crippen LogP contribution in [0.5, 0.6) is 0 Å². The number of rotatable bonds is 8. The highest BCUT2D eigenvalue weighted by molar-refractivity contribution is 6.10. The summed E-state index contributed by atoms with van der Waals surface area (Å²) < 4.78 is 0. The molecule has 0 aliphatic carbocycles. The van der Waals surface area contributed by atoms with Crippen LogP contribution in [0.3, 0.4) is 0 Å². The lowest BCUT2D eigenvalue weighted by molar-refractivity contribution is 1.14. The molecule has 0 bridgehead atoms. The van der Waals surface area contributed by atoms with Crippen molar-refractivity contribution >= 4 is 17.6 Å². The smallest absolute Gasteiger partial charge is 0.130 e. The van der Waals surface area contributed by atoms with Crippen LogP contribution in [0, 0.1) is 6.92 Å². The van der Waals surface area contributed by atoms with E-state index >= 15 is 0 Å². The Balaban J connectivity index is 1.63. The lowest BCUT2D eigenvalue weighted by Gasteiger charge is -2.11. The molecule has 0 saturated heterocycles. The maximum atomic E-state index is 4.49. The van der Waals surface area contributed by atoms with Gasteiger partial charge in [0.2, 0.25) is 0 Å². The molecule has 1 aromatic carbocycles. The van der Waals surface area contributed by atoms with E-state index in [9.17, 15) is 0 Å². The number of allylic oxidation sites excluding steroid dienone is 4. The highest BCUT2D eigenvalue weighted by Gasteiger charge is 2.04. The van der Waals surface area contributed by atoms with Crippen molar-refractivity contribution in [3.8, 4) is 11.1 Å². The number of aryl methyl sites for hydroxylation is 1. The van der Waals surface area contributed by atoms with Crippen molar-refractivity contribution in [1.29, 1.82) is 0 Å². The summed E-state index contributed by atoms with van der Waals surface area (Å²) in [6.07, 6.45) is 9.83. The topological polar surface area (TPSA) is 50.2 Å². The van der Waals surface area contributed by atoms with Gasteiger partial charge in [-0.15, -0.1) is 0 Å². The zero-order valence-electron chi connectivity index (χ0n) is 17.5. The maximum absolute atomic E-state index is 4.49. The molecule has 3 aromatic rings. The molecular weight excluding hydrogens is 368 g/mol. The van der Waals surface area contributed by atoms with Gasteiger partial charge in [0.15, 0.2) is 0 Å². The predicted molar refractivity (Wildman–Crippen MR) is 128 cm³/mol. The second kappa shape index (κ2) is 10.1. The molecule has 0 spiro atoms. The fraction of sp³-hybridized carbons (Fsp3) is 0.115. The quantitative estimate of drug-likeness (QED) is 0.383. The Labute approximate surface area is 178 Å². The Kier molecular flexibility index (Phi) is 7.06. The van der Waals surface area contributed by atoms with Gasteiger partial charge in [0.1, 0.15) is 5.82 Å². The lowest BCUT2D eigenvalue weighted by Crippen LogP contribution is -2.03. The molecule has 3 rings (SSSR count). The summed E-state index contributed by atoms with van der Waals surface area (Å²) in [6.45, 7) is 9.90. The average Bonchev–Trinajstić information content (AvgIpc) is 2.75. The Bertz CT molecular complexity index is 1070. The van der Waals surface area contributed by atoms with Gasteiger partial charge in [0.25, 0.3) is 0 Å². The van der Waals surface area contributed by atoms with Crippen molar-refractivity contribution < 1.29 is 0 Å². The minimum absolute atomic E-state index is 0.725. The summed E-state index contributed by atoms with van der Waals surface area (Å²) in [5, 5.41) is 3.29. The van der Waals surface area contributed by atoms with E-state index in [4.69, 9.17) is 0 Å². The number of hydrogen-bond acceptors (Lipinski definition) is 4. The molecular formula is C26H26N4. The standard InChI is InChI=1S/C26H26N4/c1-5-6-24(17-27-4)25-11-12-26(29-18-25)30-20(3)15-21-7-9-22(10-8-21)23-13-14-28-19(2)16-23/h5-14,16-18H,1,3,15H2,2,4H3,(H,29,30)/b24-6+,27-17?. The summed E-state index contributed by atoms with van der Waals surface area (Å²) in [4.78, 5) is 12.8. The first-order chi connectivity index (χ1) is 14.6. The maximum Gasteiger partial charge on any atom is 0.130 e. The molecule has 0 aliphatic heterocycles. The van der Waals surface area contributed by atoms with Gasteiger partial charge >= 0.3 is 0 Å². The minimum atomic E-state index is 0.725. The van der Waals surface area contributed by atoms with Crippen molar-refractivity contribution in [2.24, 2.45) is 4.99 Å². The SMILES string of the molecule is C=C/C=C(\C=NC)c1ccc(NC(=C)Cc2ccc(-c3ccnc(C)c3)cc2)nc1. The molecule has 0 unspecified atom stereocenters. The van der Waals surface area contributed by atoms with Crippen LogP contribution in [0.15, 0.2) is 96.9 Å². The van der Waals surface area contributed by atoms with Gasteiger partial charge in [-0.25, -0.2) is 4.98 Å². The second-order valence-electron chi connectivity index (χ2n) is 6.97. The zero-order chi connectivity index (χ0) is 21.3. The number of nitrogens with one attached hydrogen (secondary N) is 1. The molecule has 4 nitrogen and oxygen atoms in total. The third kappa shape index (κ3) is 5.61. The largest absolute Gasteiger partial charge is 0.344 e. The number of benzene rings is 1. The highest BCUT2D eigenvalue weighted by Crippen LogP contribution is 2.21. The van der Waals surface area contributed by atoms with Crippen molar-refractivity contribution in [3.63, 3.8) is 0 Å². The van der Waals surface area contributed by atoms with Gasteiger partial charge in [0, 0.05) is 54.6 Å². The Hall–Kier alpha value is -3.79. The molecule has 1 N–H and O–H groups in total. The van der Waals surface area contributed by atoms with Crippen LogP contribution in [0.4, 0.5) is 5.82 Å². The Morgan fingerprint density at radius 1 is 1.07 bits per heavy atom.